The molecule has 9 heteroatoms. The van der Waals surface area contributed by atoms with Gasteiger partial charge in [0.2, 0.25) is 5.95 Å². The first kappa shape index (κ1) is 22.3. The SMILES string of the molecule is CC(C)c1ccnc(CNc2nc(N[C@H]3CCc4c(Br)cccc43)nc3c2S(=O)(=O)CC3)c1. The molecule has 1 aliphatic carbocycles. The average molecular weight is 528 g/mol. The number of nitrogens with one attached hydrogen (secondary N) is 2. The molecule has 2 aromatic heterocycles. The second-order valence-electron chi connectivity index (χ2n) is 8.87. The molecule has 2 aliphatic rings. The first-order chi connectivity index (χ1) is 15.8. The minimum absolute atomic E-state index is 0.0649. The van der Waals surface area contributed by atoms with Crippen LogP contribution in [0.15, 0.2) is 45.9 Å². The van der Waals surface area contributed by atoms with Crippen LogP contribution in [0, 0.1) is 0 Å². The van der Waals surface area contributed by atoms with Crippen LogP contribution >= 0.6 is 15.9 Å². The van der Waals surface area contributed by atoms with E-state index in [4.69, 9.17) is 0 Å². The molecular weight excluding hydrogens is 502 g/mol. The van der Waals surface area contributed by atoms with Crippen molar-refractivity contribution in [3.05, 3.63) is 69.1 Å². The van der Waals surface area contributed by atoms with Crippen molar-refractivity contribution in [1.29, 1.82) is 0 Å². The van der Waals surface area contributed by atoms with Gasteiger partial charge in [0.1, 0.15) is 4.90 Å². The molecule has 0 spiro atoms. The number of fused-ring (bicyclic) bond motifs is 2. The Balaban J connectivity index is 1.44. The number of hydrogen-bond donors (Lipinski definition) is 2. The van der Waals surface area contributed by atoms with E-state index >= 15 is 0 Å². The third-order valence-corrected chi connectivity index (χ3v) is 8.85. The van der Waals surface area contributed by atoms with Crippen LogP contribution in [0.2, 0.25) is 0 Å². The lowest BCUT2D eigenvalue weighted by Gasteiger charge is -2.17. The van der Waals surface area contributed by atoms with Crippen molar-refractivity contribution in [1.82, 2.24) is 15.0 Å². The first-order valence-corrected chi connectivity index (χ1v) is 13.6. The van der Waals surface area contributed by atoms with Crippen LogP contribution < -0.4 is 10.6 Å². The van der Waals surface area contributed by atoms with Gasteiger partial charge in [-0.05, 0) is 53.6 Å². The largest absolute Gasteiger partial charge is 0.363 e. The van der Waals surface area contributed by atoms with Gasteiger partial charge in [0.25, 0.3) is 0 Å². The van der Waals surface area contributed by atoms with E-state index in [1.165, 1.54) is 16.7 Å². The predicted octanol–water partition coefficient (Wildman–Crippen LogP) is 4.80. The number of sulfone groups is 1. The molecular formula is C24H26BrN5O2S. The van der Waals surface area contributed by atoms with Crippen LogP contribution in [0.5, 0.6) is 0 Å². The van der Waals surface area contributed by atoms with E-state index < -0.39 is 9.84 Å². The maximum atomic E-state index is 12.7. The van der Waals surface area contributed by atoms with Crippen LogP contribution in [-0.2, 0) is 29.2 Å². The highest BCUT2D eigenvalue weighted by atomic mass is 79.9. The summed E-state index contributed by atoms with van der Waals surface area (Å²) >= 11 is 3.64. The molecule has 0 amide bonds. The number of aromatic nitrogens is 3. The van der Waals surface area contributed by atoms with Crippen molar-refractivity contribution in [2.75, 3.05) is 16.4 Å². The van der Waals surface area contributed by atoms with Crippen molar-refractivity contribution in [3.8, 4) is 0 Å². The van der Waals surface area contributed by atoms with Crippen molar-refractivity contribution in [2.24, 2.45) is 0 Å². The van der Waals surface area contributed by atoms with E-state index in [9.17, 15) is 8.42 Å². The standard InChI is InChI=1S/C24H26BrN5O2S/c1-14(2)15-8-10-26-16(12-15)13-27-23-22-21(9-11-33(22,31)32)29-24(30-23)28-20-7-6-17-18(20)4-3-5-19(17)25/h3-5,8,10,12,14,20H,6-7,9,11,13H2,1-2H3,(H2,27,28,29,30)/t20-/m0/s1. The Morgan fingerprint density at radius 2 is 2.03 bits per heavy atom. The fourth-order valence-corrected chi connectivity index (χ4v) is 6.72. The molecule has 1 atom stereocenters. The summed E-state index contributed by atoms with van der Waals surface area (Å²) in [4.78, 5) is 13.9. The van der Waals surface area contributed by atoms with Crippen molar-refractivity contribution >= 4 is 37.5 Å². The lowest BCUT2D eigenvalue weighted by Crippen LogP contribution is -2.14. The zero-order chi connectivity index (χ0) is 23.2. The van der Waals surface area contributed by atoms with E-state index in [1.54, 1.807) is 6.20 Å². The Hall–Kier alpha value is -2.52. The Kier molecular flexibility index (Phi) is 5.86. The minimum Gasteiger partial charge on any atom is -0.363 e. The molecule has 0 saturated carbocycles. The number of halogens is 1. The molecule has 5 rings (SSSR count). The van der Waals surface area contributed by atoms with Gasteiger partial charge < -0.3 is 10.6 Å². The molecule has 0 bridgehead atoms. The van der Waals surface area contributed by atoms with Crippen LogP contribution in [0.3, 0.4) is 0 Å². The van der Waals surface area contributed by atoms with E-state index in [0.29, 0.717) is 36.3 Å². The Morgan fingerprint density at radius 3 is 2.85 bits per heavy atom. The van der Waals surface area contributed by atoms with Gasteiger partial charge in [0.05, 0.1) is 29.7 Å². The van der Waals surface area contributed by atoms with Gasteiger partial charge in [0.15, 0.2) is 15.7 Å². The number of aryl methyl sites for hydroxylation is 1. The maximum Gasteiger partial charge on any atom is 0.225 e. The quantitative estimate of drug-likeness (QED) is 0.475. The van der Waals surface area contributed by atoms with E-state index in [1.807, 2.05) is 18.2 Å². The summed E-state index contributed by atoms with van der Waals surface area (Å²) in [7, 11) is -3.40. The molecule has 3 heterocycles. The monoisotopic (exact) mass is 527 g/mol. The summed E-state index contributed by atoms with van der Waals surface area (Å²) < 4.78 is 26.6. The molecule has 33 heavy (non-hydrogen) atoms. The summed E-state index contributed by atoms with van der Waals surface area (Å²) in [5.41, 5.74) is 5.13. The molecule has 1 aliphatic heterocycles. The van der Waals surface area contributed by atoms with Gasteiger partial charge in [-0.3, -0.25) is 4.98 Å². The molecule has 0 unspecified atom stereocenters. The van der Waals surface area contributed by atoms with Gasteiger partial charge in [-0.15, -0.1) is 0 Å². The highest BCUT2D eigenvalue weighted by Crippen LogP contribution is 2.38. The lowest BCUT2D eigenvalue weighted by molar-refractivity contribution is 0.599. The molecule has 7 nitrogen and oxygen atoms in total. The Morgan fingerprint density at radius 1 is 1.18 bits per heavy atom. The van der Waals surface area contributed by atoms with Gasteiger partial charge in [0, 0.05) is 17.1 Å². The van der Waals surface area contributed by atoms with Crippen molar-refractivity contribution < 1.29 is 8.42 Å². The zero-order valence-electron chi connectivity index (χ0n) is 18.6. The van der Waals surface area contributed by atoms with E-state index in [-0.39, 0.29) is 16.7 Å². The van der Waals surface area contributed by atoms with Crippen molar-refractivity contribution in [3.63, 3.8) is 0 Å². The Labute approximate surface area is 202 Å². The minimum atomic E-state index is -3.40. The molecule has 0 radical (unpaired) electrons. The third kappa shape index (κ3) is 4.36. The Bertz CT molecular complexity index is 1330. The number of rotatable bonds is 6. The number of nitrogens with zero attached hydrogens (tertiary/aromatic N) is 3. The molecule has 172 valence electrons. The highest BCUT2D eigenvalue weighted by Gasteiger charge is 2.33. The number of anilines is 2. The first-order valence-electron chi connectivity index (χ1n) is 11.2. The summed E-state index contributed by atoms with van der Waals surface area (Å²) in [6.07, 6.45) is 4.09. The van der Waals surface area contributed by atoms with Gasteiger partial charge in [-0.25, -0.2) is 13.4 Å². The molecule has 0 fully saturated rings. The molecule has 2 N–H and O–H groups in total. The van der Waals surface area contributed by atoms with E-state index in [2.05, 4.69) is 67.5 Å². The average Bonchev–Trinajstić information content (AvgIpc) is 3.34. The van der Waals surface area contributed by atoms with E-state index in [0.717, 1.165) is 23.0 Å². The summed E-state index contributed by atoms with van der Waals surface area (Å²) in [5, 5.41) is 6.69. The number of pyridine rings is 1. The summed E-state index contributed by atoms with van der Waals surface area (Å²) in [6, 6.07) is 10.3. The van der Waals surface area contributed by atoms with Gasteiger partial charge in [-0.2, -0.15) is 4.98 Å². The number of benzene rings is 1. The van der Waals surface area contributed by atoms with Crippen LogP contribution in [0.25, 0.3) is 0 Å². The molecule has 0 saturated heterocycles. The molecule has 3 aromatic rings. The van der Waals surface area contributed by atoms with Crippen LogP contribution in [0.1, 0.15) is 60.3 Å². The van der Waals surface area contributed by atoms with Gasteiger partial charge in [-0.1, -0.05) is 41.9 Å². The third-order valence-electron chi connectivity index (χ3n) is 6.32. The lowest BCUT2D eigenvalue weighted by atomic mass is 10.0. The fraction of sp³-hybridized carbons (Fsp3) is 0.375. The van der Waals surface area contributed by atoms with Crippen molar-refractivity contribution in [2.45, 2.75) is 56.5 Å². The fourth-order valence-electron chi connectivity index (χ4n) is 4.55. The summed E-state index contributed by atoms with van der Waals surface area (Å²) in [5.74, 6) is 1.26. The second kappa shape index (κ2) is 8.68. The van der Waals surface area contributed by atoms with Gasteiger partial charge >= 0.3 is 0 Å². The highest BCUT2D eigenvalue weighted by molar-refractivity contribution is 9.10. The smallest absolute Gasteiger partial charge is 0.225 e. The normalized spacial score (nSPS) is 18.2. The number of hydrogen-bond acceptors (Lipinski definition) is 7. The second-order valence-corrected chi connectivity index (χ2v) is 11.8. The van der Waals surface area contributed by atoms with Crippen LogP contribution in [0.4, 0.5) is 11.8 Å². The molecule has 1 aromatic carbocycles. The zero-order valence-corrected chi connectivity index (χ0v) is 21.0. The predicted molar refractivity (Wildman–Crippen MR) is 132 cm³/mol. The van der Waals surface area contributed by atoms with Crippen LogP contribution in [-0.4, -0.2) is 29.1 Å². The summed E-state index contributed by atoms with van der Waals surface area (Å²) in [6.45, 7) is 4.65. The topological polar surface area (TPSA) is 96.9 Å². The maximum absolute atomic E-state index is 12.7.